The maximum atomic E-state index is 3.38. The zero-order chi connectivity index (χ0) is 12.8. The second-order valence-electron chi connectivity index (χ2n) is 6.00. The Hall–Kier alpha value is -0.820. The molecule has 0 bridgehead atoms. The lowest BCUT2D eigenvalue weighted by Crippen LogP contribution is -2.22. The molecule has 0 heterocycles. The molecular formula is C17H27N. The van der Waals surface area contributed by atoms with Crippen molar-refractivity contribution in [2.24, 2.45) is 11.8 Å². The first-order valence-electron chi connectivity index (χ1n) is 7.48. The predicted molar refractivity (Wildman–Crippen MR) is 78.9 cm³/mol. The minimum Gasteiger partial charge on any atom is -0.319 e. The van der Waals surface area contributed by atoms with Gasteiger partial charge in [0.15, 0.2) is 0 Å². The van der Waals surface area contributed by atoms with Crippen LogP contribution in [-0.2, 0) is 6.42 Å². The van der Waals surface area contributed by atoms with Crippen molar-refractivity contribution in [3.63, 3.8) is 0 Å². The highest BCUT2D eigenvalue weighted by atomic mass is 14.8. The Morgan fingerprint density at radius 3 is 2.72 bits per heavy atom. The molecule has 1 nitrogen and oxygen atoms in total. The van der Waals surface area contributed by atoms with Crippen LogP contribution >= 0.6 is 0 Å². The molecule has 1 aromatic carbocycles. The summed E-state index contributed by atoms with van der Waals surface area (Å²) in [6, 6.07) is 9.01. The molecule has 1 N–H and O–H groups in total. The molecule has 0 spiro atoms. The van der Waals surface area contributed by atoms with E-state index in [1.165, 1.54) is 49.7 Å². The van der Waals surface area contributed by atoms with Gasteiger partial charge in [0, 0.05) is 0 Å². The Labute approximate surface area is 112 Å². The van der Waals surface area contributed by atoms with Crippen LogP contribution in [0.25, 0.3) is 0 Å². The van der Waals surface area contributed by atoms with E-state index in [4.69, 9.17) is 0 Å². The highest BCUT2D eigenvalue weighted by Crippen LogP contribution is 2.31. The first-order chi connectivity index (χ1) is 8.78. The molecule has 1 aliphatic carbocycles. The van der Waals surface area contributed by atoms with Crippen molar-refractivity contribution in [3.8, 4) is 0 Å². The van der Waals surface area contributed by atoms with Crippen molar-refractivity contribution in [1.29, 1.82) is 0 Å². The average molecular weight is 245 g/mol. The lowest BCUT2D eigenvalue weighted by atomic mass is 9.88. The fourth-order valence-electron chi connectivity index (χ4n) is 3.42. The third kappa shape index (κ3) is 4.13. The van der Waals surface area contributed by atoms with Crippen LogP contribution in [0.1, 0.15) is 43.2 Å². The van der Waals surface area contributed by atoms with Gasteiger partial charge < -0.3 is 5.32 Å². The molecular weight excluding hydrogens is 218 g/mol. The van der Waals surface area contributed by atoms with Crippen molar-refractivity contribution < 1.29 is 0 Å². The predicted octanol–water partition coefficient (Wildman–Crippen LogP) is 3.95. The molecule has 0 saturated heterocycles. The van der Waals surface area contributed by atoms with Gasteiger partial charge in [0.1, 0.15) is 0 Å². The Morgan fingerprint density at radius 2 is 2.06 bits per heavy atom. The van der Waals surface area contributed by atoms with Crippen LogP contribution < -0.4 is 5.32 Å². The monoisotopic (exact) mass is 245 g/mol. The zero-order valence-electron chi connectivity index (χ0n) is 11.9. The molecule has 18 heavy (non-hydrogen) atoms. The van der Waals surface area contributed by atoms with Gasteiger partial charge in [0.2, 0.25) is 0 Å². The topological polar surface area (TPSA) is 12.0 Å². The van der Waals surface area contributed by atoms with E-state index < -0.39 is 0 Å². The van der Waals surface area contributed by atoms with E-state index in [2.05, 4.69) is 43.6 Å². The summed E-state index contributed by atoms with van der Waals surface area (Å²) in [5.41, 5.74) is 2.89. The molecule has 100 valence electrons. The Bertz CT molecular complexity index is 352. The number of nitrogens with one attached hydrogen (secondary N) is 1. The van der Waals surface area contributed by atoms with Crippen LogP contribution in [-0.4, -0.2) is 13.6 Å². The summed E-state index contributed by atoms with van der Waals surface area (Å²) in [6.07, 6.45) is 8.50. The molecule has 1 heteroatoms. The van der Waals surface area contributed by atoms with Crippen molar-refractivity contribution in [3.05, 3.63) is 35.4 Å². The van der Waals surface area contributed by atoms with E-state index in [-0.39, 0.29) is 0 Å². The molecule has 0 radical (unpaired) electrons. The summed E-state index contributed by atoms with van der Waals surface area (Å²) >= 11 is 0. The normalized spacial score (nSPS) is 18.1. The quantitative estimate of drug-likeness (QED) is 0.800. The van der Waals surface area contributed by atoms with Gasteiger partial charge in [0.25, 0.3) is 0 Å². The number of hydrogen-bond donors (Lipinski definition) is 1. The molecule has 1 atom stereocenters. The van der Waals surface area contributed by atoms with Crippen LogP contribution in [0.4, 0.5) is 0 Å². The lowest BCUT2D eigenvalue weighted by Gasteiger charge is -2.20. The van der Waals surface area contributed by atoms with Crippen molar-refractivity contribution in [2.45, 2.75) is 45.4 Å². The summed E-state index contributed by atoms with van der Waals surface area (Å²) in [6.45, 7) is 3.35. The SMILES string of the molecule is CNCC(Cc1cccc(C)c1)CC1CCCC1. The van der Waals surface area contributed by atoms with Crippen molar-refractivity contribution in [2.75, 3.05) is 13.6 Å². The lowest BCUT2D eigenvalue weighted by molar-refractivity contribution is 0.364. The maximum Gasteiger partial charge on any atom is -0.00202 e. The average Bonchev–Trinajstić information content (AvgIpc) is 2.82. The fraction of sp³-hybridized carbons (Fsp3) is 0.647. The van der Waals surface area contributed by atoms with E-state index in [0.29, 0.717) is 0 Å². The number of rotatable bonds is 6. The van der Waals surface area contributed by atoms with Gasteiger partial charge in [0.05, 0.1) is 0 Å². The smallest absolute Gasteiger partial charge is 0.00202 e. The van der Waals surface area contributed by atoms with Gasteiger partial charge >= 0.3 is 0 Å². The van der Waals surface area contributed by atoms with E-state index >= 15 is 0 Å². The second-order valence-corrected chi connectivity index (χ2v) is 6.00. The third-order valence-corrected chi connectivity index (χ3v) is 4.24. The number of benzene rings is 1. The Kier molecular flexibility index (Phi) is 5.25. The molecule has 1 aliphatic rings. The molecule has 0 aromatic heterocycles. The molecule has 0 aliphatic heterocycles. The van der Waals surface area contributed by atoms with Crippen LogP contribution in [0, 0.1) is 18.8 Å². The molecule has 0 amide bonds. The summed E-state index contributed by atoms with van der Waals surface area (Å²) in [5, 5.41) is 3.38. The van der Waals surface area contributed by atoms with Crippen LogP contribution in [0.15, 0.2) is 24.3 Å². The second kappa shape index (κ2) is 6.94. The van der Waals surface area contributed by atoms with E-state index in [0.717, 1.165) is 18.4 Å². The minimum atomic E-state index is 0.805. The van der Waals surface area contributed by atoms with Crippen LogP contribution in [0.5, 0.6) is 0 Å². The summed E-state index contributed by atoms with van der Waals surface area (Å²) < 4.78 is 0. The molecule has 1 fully saturated rings. The van der Waals surface area contributed by atoms with Gasteiger partial charge in [-0.3, -0.25) is 0 Å². The van der Waals surface area contributed by atoms with Gasteiger partial charge in [-0.05, 0) is 50.8 Å². The Morgan fingerprint density at radius 1 is 1.28 bits per heavy atom. The molecule has 1 unspecified atom stereocenters. The summed E-state index contributed by atoms with van der Waals surface area (Å²) in [4.78, 5) is 0. The van der Waals surface area contributed by atoms with E-state index in [1.54, 1.807) is 0 Å². The number of aryl methyl sites for hydroxylation is 1. The van der Waals surface area contributed by atoms with Crippen LogP contribution in [0.3, 0.4) is 0 Å². The van der Waals surface area contributed by atoms with Gasteiger partial charge in [-0.2, -0.15) is 0 Å². The largest absolute Gasteiger partial charge is 0.319 e. The first kappa shape index (κ1) is 13.6. The molecule has 1 saturated carbocycles. The van der Waals surface area contributed by atoms with Crippen LogP contribution in [0.2, 0.25) is 0 Å². The van der Waals surface area contributed by atoms with Crippen molar-refractivity contribution >= 4 is 0 Å². The van der Waals surface area contributed by atoms with E-state index in [1.807, 2.05) is 0 Å². The van der Waals surface area contributed by atoms with Crippen molar-refractivity contribution in [1.82, 2.24) is 5.32 Å². The molecule has 1 aromatic rings. The summed E-state index contributed by atoms with van der Waals surface area (Å²) in [7, 11) is 2.08. The Balaban J connectivity index is 1.92. The third-order valence-electron chi connectivity index (χ3n) is 4.24. The van der Waals surface area contributed by atoms with E-state index in [9.17, 15) is 0 Å². The standard InChI is InChI=1S/C17H27N/c1-14-6-5-9-16(10-14)12-17(13-18-2)11-15-7-3-4-8-15/h5-6,9-10,15,17-18H,3-4,7-8,11-13H2,1-2H3. The number of hydrogen-bond acceptors (Lipinski definition) is 1. The van der Waals surface area contributed by atoms with Gasteiger partial charge in [-0.15, -0.1) is 0 Å². The molecule has 2 rings (SSSR count). The fourth-order valence-corrected chi connectivity index (χ4v) is 3.42. The summed E-state index contributed by atoms with van der Waals surface area (Å²) in [5.74, 6) is 1.80. The highest BCUT2D eigenvalue weighted by Gasteiger charge is 2.20. The zero-order valence-corrected chi connectivity index (χ0v) is 11.9. The maximum absolute atomic E-state index is 3.38. The van der Waals surface area contributed by atoms with Gasteiger partial charge in [-0.25, -0.2) is 0 Å². The minimum absolute atomic E-state index is 0.805. The van der Waals surface area contributed by atoms with Gasteiger partial charge in [-0.1, -0.05) is 55.5 Å². The highest BCUT2D eigenvalue weighted by molar-refractivity contribution is 5.22. The first-order valence-corrected chi connectivity index (χ1v) is 7.48.